The molecular weight excluding hydrogens is 264 g/mol. The molecular formula is C16H26N4O. The zero-order chi connectivity index (χ0) is 15.0. The molecule has 1 saturated heterocycles. The molecule has 21 heavy (non-hydrogen) atoms. The van der Waals surface area contributed by atoms with E-state index < -0.39 is 0 Å². The summed E-state index contributed by atoms with van der Waals surface area (Å²) < 4.78 is 0. The van der Waals surface area contributed by atoms with E-state index in [2.05, 4.69) is 27.1 Å². The number of H-pyrrole nitrogens is 1. The third-order valence-electron chi connectivity index (χ3n) is 4.78. The maximum absolute atomic E-state index is 12.1. The lowest BCUT2D eigenvalue weighted by Crippen LogP contribution is -2.44. The van der Waals surface area contributed by atoms with Gasteiger partial charge in [-0.15, -0.1) is 0 Å². The SMILES string of the molecule is Cc1nc(C)c(C(C)NC2CCN(C3CC3)CC2)c(=O)[nH]1. The zero-order valence-electron chi connectivity index (χ0n) is 13.3. The number of hydrogen-bond donors (Lipinski definition) is 2. The van der Waals surface area contributed by atoms with E-state index in [4.69, 9.17) is 0 Å². The molecule has 0 aromatic carbocycles. The van der Waals surface area contributed by atoms with Crippen molar-refractivity contribution in [1.29, 1.82) is 0 Å². The van der Waals surface area contributed by atoms with Crippen LogP contribution < -0.4 is 10.9 Å². The summed E-state index contributed by atoms with van der Waals surface area (Å²) in [6.45, 7) is 8.20. The average Bonchev–Trinajstić information content (AvgIpc) is 3.22. The summed E-state index contributed by atoms with van der Waals surface area (Å²) in [6.07, 6.45) is 5.13. The van der Waals surface area contributed by atoms with Crippen LogP contribution in [0.2, 0.25) is 0 Å². The van der Waals surface area contributed by atoms with E-state index in [0.717, 1.165) is 17.3 Å². The number of hydrogen-bond acceptors (Lipinski definition) is 4. The van der Waals surface area contributed by atoms with Crippen molar-refractivity contribution < 1.29 is 0 Å². The Morgan fingerprint density at radius 1 is 1.24 bits per heavy atom. The van der Waals surface area contributed by atoms with Gasteiger partial charge in [-0.1, -0.05) is 0 Å². The van der Waals surface area contributed by atoms with Crippen molar-refractivity contribution >= 4 is 0 Å². The summed E-state index contributed by atoms with van der Waals surface area (Å²) in [6, 6.07) is 1.43. The van der Waals surface area contributed by atoms with Gasteiger partial charge in [0, 0.05) is 23.8 Å². The molecule has 2 fully saturated rings. The molecule has 1 unspecified atom stereocenters. The highest BCUT2D eigenvalue weighted by Crippen LogP contribution is 2.29. The van der Waals surface area contributed by atoms with Crippen LogP contribution in [-0.4, -0.2) is 40.0 Å². The van der Waals surface area contributed by atoms with E-state index in [9.17, 15) is 4.79 Å². The Morgan fingerprint density at radius 2 is 1.90 bits per heavy atom. The normalized spacial score (nSPS) is 22.4. The van der Waals surface area contributed by atoms with E-state index >= 15 is 0 Å². The number of nitrogens with zero attached hydrogens (tertiary/aromatic N) is 2. The second-order valence-corrected chi connectivity index (χ2v) is 6.58. The molecule has 0 spiro atoms. The smallest absolute Gasteiger partial charge is 0.255 e. The van der Waals surface area contributed by atoms with Crippen molar-refractivity contribution in [2.75, 3.05) is 13.1 Å². The molecule has 1 aromatic heterocycles. The Morgan fingerprint density at radius 3 is 2.48 bits per heavy atom. The highest BCUT2D eigenvalue weighted by atomic mass is 16.1. The van der Waals surface area contributed by atoms with Crippen LogP contribution in [0.15, 0.2) is 4.79 Å². The summed E-state index contributed by atoms with van der Waals surface area (Å²) >= 11 is 0. The van der Waals surface area contributed by atoms with Gasteiger partial charge in [-0.2, -0.15) is 0 Å². The topological polar surface area (TPSA) is 61.0 Å². The van der Waals surface area contributed by atoms with Crippen LogP contribution in [0.25, 0.3) is 0 Å². The number of likely N-dealkylation sites (tertiary alicyclic amines) is 1. The van der Waals surface area contributed by atoms with Gasteiger partial charge in [0.25, 0.3) is 5.56 Å². The van der Waals surface area contributed by atoms with Crippen LogP contribution in [0, 0.1) is 13.8 Å². The maximum atomic E-state index is 12.1. The molecule has 1 aliphatic carbocycles. The fraction of sp³-hybridized carbons (Fsp3) is 0.750. The van der Waals surface area contributed by atoms with E-state index in [-0.39, 0.29) is 11.6 Å². The quantitative estimate of drug-likeness (QED) is 0.885. The van der Waals surface area contributed by atoms with E-state index in [1.165, 1.54) is 38.8 Å². The van der Waals surface area contributed by atoms with Gasteiger partial charge in [-0.3, -0.25) is 4.79 Å². The van der Waals surface area contributed by atoms with E-state index in [1.54, 1.807) is 0 Å². The molecule has 3 rings (SSSR count). The Labute approximate surface area is 126 Å². The van der Waals surface area contributed by atoms with Crippen molar-refractivity contribution in [3.8, 4) is 0 Å². The number of aryl methyl sites for hydroxylation is 2. The number of nitrogens with one attached hydrogen (secondary N) is 2. The van der Waals surface area contributed by atoms with Crippen LogP contribution >= 0.6 is 0 Å². The minimum absolute atomic E-state index is 0.00424. The molecule has 0 amide bonds. The van der Waals surface area contributed by atoms with Crippen molar-refractivity contribution in [2.45, 2.75) is 64.6 Å². The van der Waals surface area contributed by atoms with E-state index in [1.807, 2.05) is 13.8 Å². The third kappa shape index (κ3) is 3.35. The monoisotopic (exact) mass is 290 g/mol. The molecule has 1 saturated carbocycles. The molecule has 1 atom stereocenters. The minimum Gasteiger partial charge on any atom is -0.310 e. The highest BCUT2D eigenvalue weighted by Gasteiger charge is 2.32. The molecule has 1 aromatic rings. The van der Waals surface area contributed by atoms with Crippen molar-refractivity contribution in [3.05, 3.63) is 27.4 Å². The highest BCUT2D eigenvalue weighted by molar-refractivity contribution is 5.20. The first-order valence-corrected chi connectivity index (χ1v) is 8.12. The van der Waals surface area contributed by atoms with Crippen LogP contribution in [0.3, 0.4) is 0 Å². The Balaban J connectivity index is 1.61. The fourth-order valence-electron chi connectivity index (χ4n) is 3.55. The first-order valence-electron chi connectivity index (χ1n) is 8.12. The molecule has 2 N–H and O–H groups in total. The molecule has 0 bridgehead atoms. The summed E-state index contributed by atoms with van der Waals surface area (Å²) in [5, 5.41) is 3.63. The summed E-state index contributed by atoms with van der Waals surface area (Å²) in [5.74, 6) is 0.686. The average molecular weight is 290 g/mol. The predicted octanol–water partition coefficient (Wildman–Crippen LogP) is 1.66. The second-order valence-electron chi connectivity index (χ2n) is 6.58. The molecule has 2 aliphatic rings. The van der Waals surface area contributed by atoms with Crippen LogP contribution in [0.5, 0.6) is 0 Å². The van der Waals surface area contributed by atoms with Crippen molar-refractivity contribution in [1.82, 2.24) is 20.2 Å². The lowest BCUT2D eigenvalue weighted by molar-refractivity contribution is 0.184. The Bertz CT molecular complexity index is 556. The number of rotatable bonds is 4. The van der Waals surface area contributed by atoms with Gasteiger partial charge in [0.15, 0.2) is 0 Å². The standard InChI is InChI=1S/C16H26N4O/c1-10-15(16(21)19-12(3)17-10)11(2)18-13-6-8-20(9-7-13)14-4-5-14/h11,13-14,18H,4-9H2,1-3H3,(H,17,19,21). The summed E-state index contributed by atoms with van der Waals surface area (Å²) in [7, 11) is 0. The second kappa shape index (κ2) is 5.89. The lowest BCUT2D eigenvalue weighted by atomic mass is 10.0. The van der Waals surface area contributed by atoms with E-state index in [0.29, 0.717) is 11.9 Å². The lowest BCUT2D eigenvalue weighted by Gasteiger charge is -2.34. The molecule has 116 valence electrons. The van der Waals surface area contributed by atoms with Gasteiger partial charge in [0.2, 0.25) is 0 Å². The Hall–Kier alpha value is -1.20. The Kier molecular flexibility index (Phi) is 4.13. The molecule has 5 heteroatoms. The van der Waals surface area contributed by atoms with Crippen LogP contribution in [0.1, 0.15) is 55.7 Å². The van der Waals surface area contributed by atoms with Crippen LogP contribution in [0.4, 0.5) is 0 Å². The van der Waals surface area contributed by atoms with Gasteiger partial charge in [-0.05, 0) is 59.5 Å². The first-order chi connectivity index (χ1) is 10.0. The third-order valence-corrected chi connectivity index (χ3v) is 4.78. The molecule has 0 radical (unpaired) electrons. The van der Waals surface area contributed by atoms with Crippen molar-refractivity contribution in [3.63, 3.8) is 0 Å². The van der Waals surface area contributed by atoms with Gasteiger partial charge < -0.3 is 15.2 Å². The molecule has 2 heterocycles. The predicted molar refractivity (Wildman–Crippen MR) is 83.5 cm³/mol. The minimum atomic E-state index is -0.00424. The number of aromatic amines is 1. The number of piperidine rings is 1. The first kappa shape index (κ1) is 14.7. The van der Waals surface area contributed by atoms with Gasteiger partial charge >= 0.3 is 0 Å². The summed E-state index contributed by atoms with van der Waals surface area (Å²) in [4.78, 5) is 22.0. The van der Waals surface area contributed by atoms with Crippen molar-refractivity contribution in [2.24, 2.45) is 0 Å². The number of aromatic nitrogens is 2. The van der Waals surface area contributed by atoms with Crippen LogP contribution in [-0.2, 0) is 0 Å². The largest absolute Gasteiger partial charge is 0.310 e. The molecule has 5 nitrogen and oxygen atoms in total. The zero-order valence-corrected chi connectivity index (χ0v) is 13.3. The molecule has 1 aliphatic heterocycles. The summed E-state index contributed by atoms with van der Waals surface area (Å²) in [5.41, 5.74) is 1.62. The fourth-order valence-corrected chi connectivity index (χ4v) is 3.55. The van der Waals surface area contributed by atoms with Gasteiger partial charge in [0.05, 0.1) is 5.56 Å². The van der Waals surface area contributed by atoms with Gasteiger partial charge in [-0.25, -0.2) is 4.98 Å². The maximum Gasteiger partial charge on any atom is 0.255 e. The van der Waals surface area contributed by atoms with Gasteiger partial charge in [0.1, 0.15) is 5.82 Å².